The van der Waals surface area contributed by atoms with Crippen LogP contribution in [-0.2, 0) is 10.0 Å². The minimum Gasteiger partial charge on any atom is -0.207 e. The van der Waals surface area contributed by atoms with Crippen LogP contribution in [0.15, 0.2) is 94.8 Å². The highest BCUT2D eigenvalue weighted by Gasteiger charge is 2.22. The molecule has 1 N–H and O–H groups in total. The highest BCUT2D eigenvalue weighted by atomic mass is 79.9. The molecule has 1 atom stereocenters. The van der Waals surface area contributed by atoms with E-state index in [0.717, 1.165) is 26.7 Å². The van der Waals surface area contributed by atoms with Gasteiger partial charge in [0.25, 0.3) is 0 Å². The van der Waals surface area contributed by atoms with Crippen molar-refractivity contribution in [3.8, 4) is 0 Å². The number of benzene rings is 3. The van der Waals surface area contributed by atoms with Gasteiger partial charge < -0.3 is 0 Å². The van der Waals surface area contributed by atoms with E-state index < -0.39 is 16.1 Å². The van der Waals surface area contributed by atoms with Crippen LogP contribution < -0.4 is 4.72 Å². The predicted molar refractivity (Wildman–Crippen MR) is 118 cm³/mol. The van der Waals surface area contributed by atoms with Crippen LogP contribution in [-0.4, -0.2) is 8.42 Å². The Morgan fingerprint density at radius 2 is 1.68 bits per heavy atom. The molecule has 144 valence electrons. The lowest BCUT2D eigenvalue weighted by Crippen LogP contribution is -2.29. The van der Waals surface area contributed by atoms with E-state index >= 15 is 0 Å². The Kier molecular flexibility index (Phi) is 6.50. The van der Waals surface area contributed by atoms with Crippen LogP contribution in [0.4, 0.5) is 0 Å². The molecule has 0 bridgehead atoms. The van der Waals surface area contributed by atoms with Gasteiger partial charge in [-0.3, -0.25) is 0 Å². The Hall–Kier alpha value is -2.21. The molecule has 3 aromatic carbocycles. The van der Waals surface area contributed by atoms with E-state index in [0.29, 0.717) is 6.42 Å². The van der Waals surface area contributed by atoms with E-state index in [1.54, 1.807) is 24.3 Å². The summed E-state index contributed by atoms with van der Waals surface area (Å²) in [6.07, 6.45) is 0.464. The van der Waals surface area contributed by atoms with Crippen LogP contribution in [0.25, 0.3) is 5.57 Å². The van der Waals surface area contributed by atoms with Gasteiger partial charge in [-0.2, -0.15) is 0 Å². The fourth-order valence-electron chi connectivity index (χ4n) is 2.96. The fraction of sp³-hybridized carbons (Fsp3) is 0.130. The molecule has 0 aliphatic carbocycles. The van der Waals surface area contributed by atoms with Crippen molar-refractivity contribution in [3.05, 3.63) is 107 Å². The number of hydrogen-bond donors (Lipinski definition) is 1. The first-order chi connectivity index (χ1) is 13.3. The third-order valence-corrected chi connectivity index (χ3v) is 6.49. The normalized spacial score (nSPS) is 12.5. The average Bonchev–Trinajstić information content (AvgIpc) is 2.68. The van der Waals surface area contributed by atoms with Crippen molar-refractivity contribution >= 4 is 31.5 Å². The summed E-state index contributed by atoms with van der Waals surface area (Å²) in [5, 5.41) is 0. The molecule has 0 aromatic heterocycles. The molecule has 0 spiro atoms. The molecule has 0 saturated heterocycles. The van der Waals surface area contributed by atoms with E-state index in [9.17, 15) is 8.42 Å². The van der Waals surface area contributed by atoms with Crippen LogP contribution in [0, 0.1) is 6.92 Å². The average molecular weight is 456 g/mol. The van der Waals surface area contributed by atoms with Crippen molar-refractivity contribution in [1.29, 1.82) is 0 Å². The highest BCUT2D eigenvalue weighted by molar-refractivity contribution is 9.10. The van der Waals surface area contributed by atoms with Crippen LogP contribution in [0.2, 0.25) is 0 Å². The molecule has 3 rings (SSSR count). The molecular weight excluding hydrogens is 434 g/mol. The van der Waals surface area contributed by atoms with Crippen molar-refractivity contribution < 1.29 is 8.42 Å². The molecular formula is C23H22BrNO2S. The van der Waals surface area contributed by atoms with Crippen molar-refractivity contribution in [2.24, 2.45) is 0 Å². The number of nitrogens with one attached hydrogen (secondary N) is 1. The Morgan fingerprint density at radius 1 is 1.00 bits per heavy atom. The van der Waals surface area contributed by atoms with Gasteiger partial charge in [-0.05, 0) is 54.3 Å². The molecule has 0 fully saturated rings. The second kappa shape index (κ2) is 8.86. The molecule has 0 radical (unpaired) electrons. The molecule has 0 saturated carbocycles. The number of rotatable bonds is 7. The summed E-state index contributed by atoms with van der Waals surface area (Å²) in [4.78, 5) is 0.253. The first kappa shape index (κ1) is 20.5. The molecule has 0 amide bonds. The smallest absolute Gasteiger partial charge is 0.207 e. The lowest BCUT2D eigenvalue weighted by atomic mass is 9.96. The Morgan fingerprint density at radius 3 is 2.32 bits per heavy atom. The Labute approximate surface area is 175 Å². The zero-order chi connectivity index (χ0) is 20.1. The summed E-state index contributed by atoms with van der Waals surface area (Å²) >= 11 is 3.47. The maximum atomic E-state index is 13.0. The van der Waals surface area contributed by atoms with Crippen molar-refractivity contribution in [3.63, 3.8) is 0 Å². The first-order valence-corrected chi connectivity index (χ1v) is 11.2. The Balaban J connectivity index is 1.92. The zero-order valence-corrected chi connectivity index (χ0v) is 18.0. The molecule has 0 aliphatic rings. The summed E-state index contributed by atoms with van der Waals surface area (Å²) in [5.41, 5.74) is 3.76. The summed E-state index contributed by atoms with van der Waals surface area (Å²) in [6, 6.07) is 23.9. The second-order valence-corrected chi connectivity index (χ2v) is 9.35. The van der Waals surface area contributed by atoms with Gasteiger partial charge in [-0.15, -0.1) is 0 Å². The maximum Gasteiger partial charge on any atom is 0.241 e. The summed E-state index contributed by atoms with van der Waals surface area (Å²) in [6.45, 7) is 6.11. The number of hydrogen-bond acceptors (Lipinski definition) is 2. The first-order valence-electron chi connectivity index (χ1n) is 8.93. The second-order valence-electron chi connectivity index (χ2n) is 6.72. The monoisotopic (exact) mass is 455 g/mol. The van der Waals surface area contributed by atoms with Crippen LogP contribution in [0.5, 0.6) is 0 Å². The van der Waals surface area contributed by atoms with Gasteiger partial charge >= 0.3 is 0 Å². The third-order valence-electron chi connectivity index (χ3n) is 4.51. The third kappa shape index (κ3) is 5.19. The van der Waals surface area contributed by atoms with Crippen LogP contribution in [0.3, 0.4) is 0 Å². The topological polar surface area (TPSA) is 46.2 Å². The molecule has 1 unspecified atom stereocenters. The standard InChI is InChI=1S/C23H22BrNO2S/c1-17-11-13-22(14-12-17)28(26,27)25-23(20-9-6-10-21(24)16-20)15-18(2)19-7-4-3-5-8-19/h3-14,16,23,25H,2,15H2,1H3. The summed E-state index contributed by atoms with van der Waals surface area (Å²) < 4.78 is 29.7. The van der Waals surface area contributed by atoms with Gasteiger partial charge in [0, 0.05) is 4.47 Å². The minimum atomic E-state index is -3.67. The molecule has 5 heteroatoms. The van der Waals surface area contributed by atoms with E-state index in [4.69, 9.17) is 0 Å². The van der Waals surface area contributed by atoms with E-state index in [1.165, 1.54) is 0 Å². The number of aryl methyl sites for hydroxylation is 1. The number of sulfonamides is 1. The maximum absolute atomic E-state index is 13.0. The summed E-state index contributed by atoms with van der Waals surface area (Å²) in [5.74, 6) is 0. The van der Waals surface area contributed by atoms with Crippen molar-refractivity contribution in [2.75, 3.05) is 0 Å². The quantitative estimate of drug-likeness (QED) is 0.483. The zero-order valence-electron chi connectivity index (χ0n) is 15.6. The Bertz CT molecular complexity index is 1060. The lowest BCUT2D eigenvalue weighted by Gasteiger charge is -2.21. The van der Waals surface area contributed by atoms with Gasteiger partial charge in [-0.1, -0.05) is 82.7 Å². The van der Waals surface area contributed by atoms with E-state index in [-0.39, 0.29) is 4.90 Å². The van der Waals surface area contributed by atoms with Gasteiger partial charge in [0.1, 0.15) is 0 Å². The van der Waals surface area contributed by atoms with Crippen molar-refractivity contribution in [1.82, 2.24) is 4.72 Å². The van der Waals surface area contributed by atoms with E-state index in [1.807, 2.05) is 61.5 Å². The molecule has 0 heterocycles. The van der Waals surface area contributed by atoms with Crippen LogP contribution in [0.1, 0.15) is 29.2 Å². The summed E-state index contributed by atoms with van der Waals surface area (Å²) in [7, 11) is -3.67. The highest BCUT2D eigenvalue weighted by Crippen LogP contribution is 2.29. The van der Waals surface area contributed by atoms with Gasteiger partial charge in [0.2, 0.25) is 10.0 Å². The largest absolute Gasteiger partial charge is 0.241 e. The molecule has 0 aliphatic heterocycles. The minimum absolute atomic E-state index is 0.253. The van der Waals surface area contributed by atoms with Gasteiger partial charge in [0.15, 0.2) is 0 Å². The lowest BCUT2D eigenvalue weighted by molar-refractivity contribution is 0.559. The van der Waals surface area contributed by atoms with Crippen LogP contribution >= 0.6 is 15.9 Å². The van der Waals surface area contributed by atoms with Gasteiger partial charge in [-0.25, -0.2) is 13.1 Å². The van der Waals surface area contributed by atoms with E-state index in [2.05, 4.69) is 27.2 Å². The fourth-order valence-corrected chi connectivity index (χ4v) is 4.60. The number of halogens is 1. The predicted octanol–water partition coefficient (Wildman–Crippen LogP) is 5.88. The molecule has 28 heavy (non-hydrogen) atoms. The molecule has 3 aromatic rings. The van der Waals surface area contributed by atoms with Crippen molar-refractivity contribution in [2.45, 2.75) is 24.3 Å². The SMILES string of the molecule is C=C(CC(NS(=O)(=O)c1ccc(C)cc1)c1cccc(Br)c1)c1ccccc1. The molecule has 3 nitrogen and oxygen atoms in total. The van der Waals surface area contributed by atoms with Gasteiger partial charge in [0.05, 0.1) is 10.9 Å².